The molecule has 1 aliphatic heterocycles. The van der Waals surface area contributed by atoms with Crippen LogP contribution in [0.3, 0.4) is 0 Å². The Balaban J connectivity index is 2.21. The van der Waals surface area contributed by atoms with Crippen LogP contribution in [0.25, 0.3) is 0 Å². The molecule has 1 rings (SSSR count). The van der Waals surface area contributed by atoms with E-state index in [1.54, 1.807) is 0 Å². The maximum absolute atomic E-state index is 4.28. The summed E-state index contributed by atoms with van der Waals surface area (Å²) < 4.78 is 0.696. The average molecular weight is 305 g/mol. The minimum atomic E-state index is 0.696. The standard InChI is InChI=1S/C8H16S6/c9-5-13-8(14-6-10)3-7-4-11-1-2-12-7/h7-10H,1-6H2. The summed E-state index contributed by atoms with van der Waals surface area (Å²) in [6.45, 7) is 0. The van der Waals surface area contributed by atoms with E-state index in [1.807, 2.05) is 23.5 Å². The number of thioether (sulfide) groups is 4. The molecule has 0 aromatic rings. The van der Waals surface area contributed by atoms with Gasteiger partial charge in [-0.15, -0.1) is 23.5 Å². The van der Waals surface area contributed by atoms with Gasteiger partial charge in [0.05, 0.1) is 4.58 Å². The molecule has 0 aromatic carbocycles. The van der Waals surface area contributed by atoms with E-state index in [4.69, 9.17) is 0 Å². The third-order valence-corrected chi connectivity index (χ3v) is 7.87. The van der Waals surface area contributed by atoms with Crippen molar-refractivity contribution in [3.8, 4) is 0 Å². The predicted octanol–water partition coefficient (Wildman–Crippen LogP) is 3.79. The monoisotopic (exact) mass is 304 g/mol. The Bertz CT molecular complexity index is 130. The molecule has 0 aliphatic carbocycles. The molecule has 84 valence electrons. The van der Waals surface area contributed by atoms with Gasteiger partial charge in [0.1, 0.15) is 0 Å². The van der Waals surface area contributed by atoms with Crippen molar-refractivity contribution in [1.82, 2.24) is 0 Å². The highest BCUT2D eigenvalue weighted by Crippen LogP contribution is 2.35. The zero-order valence-electron chi connectivity index (χ0n) is 7.92. The van der Waals surface area contributed by atoms with Crippen molar-refractivity contribution in [1.29, 1.82) is 0 Å². The van der Waals surface area contributed by atoms with Gasteiger partial charge in [0.25, 0.3) is 0 Å². The van der Waals surface area contributed by atoms with E-state index in [2.05, 4.69) is 48.8 Å². The van der Waals surface area contributed by atoms with Gasteiger partial charge in [0.2, 0.25) is 0 Å². The highest BCUT2D eigenvalue weighted by Gasteiger charge is 2.19. The molecule has 0 saturated carbocycles. The van der Waals surface area contributed by atoms with Crippen LogP contribution in [0, 0.1) is 0 Å². The quantitative estimate of drug-likeness (QED) is 0.565. The van der Waals surface area contributed by atoms with E-state index in [1.165, 1.54) is 23.7 Å². The highest BCUT2D eigenvalue weighted by atomic mass is 32.2. The van der Waals surface area contributed by atoms with Gasteiger partial charge >= 0.3 is 0 Å². The Hall–Kier alpha value is 2.10. The highest BCUT2D eigenvalue weighted by molar-refractivity contribution is 8.23. The second-order valence-electron chi connectivity index (χ2n) is 2.82. The number of hydrogen-bond acceptors (Lipinski definition) is 6. The van der Waals surface area contributed by atoms with Crippen molar-refractivity contribution in [3.63, 3.8) is 0 Å². The Kier molecular flexibility index (Phi) is 9.27. The fourth-order valence-electron chi connectivity index (χ4n) is 1.24. The molecule has 0 bridgehead atoms. The van der Waals surface area contributed by atoms with Crippen LogP contribution >= 0.6 is 72.3 Å². The number of hydrogen-bond donors (Lipinski definition) is 2. The zero-order valence-corrected chi connectivity index (χ0v) is 13.0. The summed E-state index contributed by atoms with van der Waals surface area (Å²) in [4.78, 5) is 0. The lowest BCUT2D eigenvalue weighted by Crippen LogP contribution is -2.18. The largest absolute Gasteiger partial charge is 0.168 e. The van der Waals surface area contributed by atoms with Gasteiger partial charge in [-0.1, -0.05) is 0 Å². The first-order chi connectivity index (χ1) is 6.86. The lowest BCUT2D eigenvalue weighted by atomic mass is 10.4. The smallest absolute Gasteiger partial charge is 0.0529 e. The van der Waals surface area contributed by atoms with Gasteiger partial charge in [-0.05, 0) is 6.42 Å². The van der Waals surface area contributed by atoms with Crippen LogP contribution in [0.4, 0.5) is 0 Å². The van der Waals surface area contributed by atoms with Gasteiger partial charge < -0.3 is 0 Å². The van der Waals surface area contributed by atoms with Crippen LogP contribution in [-0.2, 0) is 0 Å². The molecule has 1 atom stereocenters. The average Bonchev–Trinajstić information content (AvgIpc) is 2.20. The van der Waals surface area contributed by atoms with Crippen molar-refractivity contribution >= 4 is 72.3 Å². The van der Waals surface area contributed by atoms with Gasteiger partial charge in [-0.25, -0.2) is 0 Å². The van der Waals surface area contributed by atoms with E-state index in [0.29, 0.717) is 4.58 Å². The molecule has 0 N–H and O–H groups in total. The molecule has 14 heavy (non-hydrogen) atoms. The second-order valence-corrected chi connectivity index (χ2v) is 9.55. The number of thiol groups is 2. The molecule has 1 saturated heterocycles. The first-order valence-corrected chi connectivity index (χ1v) is 10.1. The third kappa shape index (κ3) is 5.99. The van der Waals surface area contributed by atoms with E-state index in [0.717, 1.165) is 15.4 Å². The Morgan fingerprint density at radius 2 is 1.93 bits per heavy atom. The molecular weight excluding hydrogens is 288 g/mol. The van der Waals surface area contributed by atoms with Crippen molar-refractivity contribution in [3.05, 3.63) is 0 Å². The van der Waals surface area contributed by atoms with E-state index < -0.39 is 0 Å². The summed E-state index contributed by atoms with van der Waals surface area (Å²) in [7, 11) is 0. The van der Waals surface area contributed by atoms with Crippen LogP contribution in [-0.4, -0.2) is 37.3 Å². The summed E-state index contributed by atoms with van der Waals surface area (Å²) in [5, 5.41) is 2.71. The Morgan fingerprint density at radius 1 is 1.21 bits per heavy atom. The van der Waals surface area contributed by atoms with Crippen LogP contribution < -0.4 is 0 Å². The third-order valence-electron chi connectivity index (χ3n) is 1.86. The molecule has 0 radical (unpaired) electrons. The summed E-state index contributed by atoms with van der Waals surface area (Å²) in [6.07, 6.45) is 1.31. The van der Waals surface area contributed by atoms with Crippen molar-refractivity contribution in [2.75, 3.05) is 27.4 Å². The molecule has 0 amide bonds. The van der Waals surface area contributed by atoms with Crippen LogP contribution in [0.15, 0.2) is 0 Å². The SMILES string of the molecule is SCSC(CC1CSCCS1)SCS. The fourth-order valence-corrected chi connectivity index (χ4v) is 7.79. The maximum Gasteiger partial charge on any atom is 0.0529 e. The minimum Gasteiger partial charge on any atom is -0.168 e. The predicted molar refractivity (Wildman–Crippen MR) is 84.9 cm³/mol. The maximum atomic E-state index is 4.28. The van der Waals surface area contributed by atoms with Gasteiger partial charge in [-0.2, -0.15) is 48.8 Å². The molecular formula is C8H16S6. The van der Waals surface area contributed by atoms with Gasteiger partial charge in [0, 0.05) is 32.7 Å². The molecule has 1 unspecified atom stereocenters. The fraction of sp³-hybridized carbons (Fsp3) is 1.00. The first-order valence-electron chi connectivity index (χ1n) is 4.51. The Labute approximate surface area is 115 Å². The Morgan fingerprint density at radius 3 is 2.43 bits per heavy atom. The molecule has 1 heterocycles. The van der Waals surface area contributed by atoms with Crippen molar-refractivity contribution in [2.45, 2.75) is 16.3 Å². The van der Waals surface area contributed by atoms with E-state index in [-0.39, 0.29) is 0 Å². The van der Waals surface area contributed by atoms with Crippen molar-refractivity contribution in [2.24, 2.45) is 0 Å². The molecule has 0 spiro atoms. The lowest BCUT2D eigenvalue weighted by Gasteiger charge is -2.24. The van der Waals surface area contributed by atoms with Gasteiger partial charge in [-0.3, -0.25) is 0 Å². The summed E-state index contributed by atoms with van der Waals surface area (Å²) in [6, 6.07) is 0. The molecule has 0 aromatic heterocycles. The van der Waals surface area contributed by atoms with E-state index >= 15 is 0 Å². The molecule has 1 aliphatic rings. The number of rotatable bonds is 6. The first kappa shape index (κ1) is 14.2. The molecule has 6 heteroatoms. The zero-order chi connectivity index (χ0) is 10.2. The lowest BCUT2D eigenvalue weighted by molar-refractivity contribution is 0.897. The minimum absolute atomic E-state index is 0.696. The normalized spacial score (nSPS) is 22.9. The summed E-state index contributed by atoms with van der Waals surface area (Å²) in [5.41, 5.74) is 0. The second kappa shape index (κ2) is 9.16. The van der Waals surface area contributed by atoms with E-state index in [9.17, 15) is 0 Å². The van der Waals surface area contributed by atoms with Crippen LogP contribution in [0.1, 0.15) is 6.42 Å². The van der Waals surface area contributed by atoms with Gasteiger partial charge in [0.15, 0.2) is 0 Å². The topological polar surface area (TPSA) is 0 Å². The molecule has 1 fully saturated rings. The summed E-state index contributed by atoms with van der Waals surface area (Å²) in [5.74, 6) is 4.01. The van der Waals surface area contributed by atoms with Crippen LogP contribution in [0.5, 0.6) is 0 Å². The molecule has 0 nitrogen and oxygen atoms in total. The van der Waals surface area contributed by atoms with Crippen molar-refractivity contribution < 1.29 is 0 Å². The summed E-state index contributed by atoms with van der Waals surface area (Å²) >= 11 is 16.7. The van der Waals surface area contributed by atoms with Crippen LogP contribution in [0.2, 0.25) is 0 Å².